The molecule has 0 bridgehead atoms. The Morgan fingerprint density at radius 1 is 1.42 bits per heavy atom. The van der Waals surface area contributed by atoms with Crippen LogP contribution in [0, 0.1) is 0 Å². The summed E-state index contributed by atoms with van der Waals surface area (Å²) in [5, 5.41) is 0. The molecule has 0 saturated carbocycles. The van der Waals surface area contributed by atoms with Crippen molar-refractivity contribution in [3.05, 3.63) is 28.2 Å². The van der Waals surface area contributed by atoms with E-state index >= 15 is 0 Å². The topological polar surface area (TPSA) is 61.5 Å². The van der Waals surface area contributed by atoms with Gasteiger partial charge in [-0.05, 0) is 54.4 Å². The van der Waals surface area contributed by atoms with Crippen molar-refractivity contribution in [3.8, 4) is 5.75 Å². The van der Waals surface area contributed by atoms with Gasteiger partial charge in [0.05, 0.1) is 18.0 Å². The third-order valence-electron chi connectivity index (χ3n) is 2.41. The fourth-order valence-corrected chi connectivity index (χ4v) is 2.15. The first kappa shape index (κ1) is 16.0. The van der Waals surface area contributed by atoms with Crippen LogP contribution in [-0.2, 0) is 9.53 Å². The molecule has 0 aromatic heterocycles. The van der Waals surface area contributed by atoms with Crippen LogP contribution in [0.4, 0.5) is 0 Å². The van der Waals surface area contributed by atoms with Gasteiger partial charge in [0.15, 0.2) is 0 Å². The quantitative estimate of drug-likeness (QED) is 0.862. The first-order valence-corrected chi connectivity index (χ1v) is 6.83. The van der Waals surface area contributed by atoms with Crippen LogP contribution in [0.5, 0.6) is 5.75 Å². The molecule has 0 amide bonds. The average molecular weight is 330 g/mol. The summed E-state index contributed by atoms with van der Waals surface area (Å²) in [5.41, 5.74) is 6.38. The summed E-state index contributed by atoms with van der Waals surface area (Å²) in [7, 11) is 1.60. The van der Waals surface area contributed by atoms with Gasteiger partial charge in [-0.25, -0.2) is 0 Å². The second-order valence-corrected chi connectivity index (χ2v) is 6.15. The molecular formula is C14H20BrNO3. The number of hydrogen-bond donors (Lipinski definition) is 1. The van der Waals surface area contributed by atoms with Crippen LogP contribution < -0.4 is 10.5 Å². The van der Waals surface area contributed by atoms with Gasteiger partial charge < -0.3 is 15.2 Å². The molecule has 5 heteroatoms. The molecule has 0 aliphatic heterocycles. The van der Waals surface area contributed by atoms with Crippen molar-refractivity contribution in [1.82, 2.24) is 0 Å². The van der Waals surface area contributed by atoms with Crippen molar-refractivity contribution in [2.24, 2.45) is 5.73 Å². The molecule has 1 rings (SSSR count). The summed E-state index contributed by atoms with van der Waals surface area (Å²) in [6, 6.07) is 5.12. The summed E-state index contributed by atoms with van der Waals surface area (Å²) >= 11 is 3.39. The van der Waals surface area contributed by atoms with Gasteiger partial charge >= 0.3 is 5.97 Å². The number of esters is 1. The van der Waals surface area contributed by atoms with E-state index in [9.17, 15) is 4.79 Å². The van der Waals surface area contributed by atoms with Crippen LogP contribution in [-0.4, -0.2) is 18.7 Å². The van der Waals surface area contributed by atoms with Gasteiger partial charge in [0, 0.05) is 6.04 Å². The lowest BCUT2D eigenvalue weighted by molar-refractivity contribution is -0.155. The van der Waals surface area contributed by atoms with E-state index in [1.807, 2.05) is 39.0 Å². The summed E-state index contributed by atoms with van der Waals surface area (Å²) in [5.74, 6) is 0.431. The number of hydrogen-bond acceptors (Lipinski definition) is 4. The van der Waals surface area contributed by atoms with Crippen LogP contribution in [0.25, 0.3) is 0 Å². The number of carbonyl (C=O) groups is 1. The molecule has 0 fully saturated rings. The number of carbonyl (C=O) groups excluding carboxylic acids is 1. The van der Waals surface area contributed by atoms with Gasteiger partial charge in [-0.15, -0.1) is 0 Å². The molecule has 0 saturated heterocycles. The van der Waals surface area contributed by atoms with E-state index in [-0.39, 0.29) is 12.4 Å². The van der Waals surface area contributed by atoms with Gasteiger partial charge in [0.1, 0.15) is 11.4 Å². The fourth-order valence-electron chi connectivity index (χ4n) is 1.59. The lowest BCUT2D eigenvalue weighted by Crippen LogP contribution is -2.26. The molecule has 1 aromatic rings. The van der Waals surface area contributed by atoms with Crippen LogP contribution in [0.2, 0.25) is 0 Å². The first-order chi connectivity index (χ1) is 8.73. The second kappa shape index (κ2) is 6.39. The highest BCUT2D eigenvalue weighted by Gasteiger charge is 2.19. The largest absolute Gasteiger partial charge is 0.496 e. The maximum absolute atomic E-state index is 11.7. The molecule has 1 unspecified atom stereocenters. The summed E-state index contributed by atoms with van der Waals surface area (Å²) in [6.45, 7) is 5.50. The van der Waals surface area contributed by atoms with E-state index in [0.29, 0.717) is 0 Å². The molecule has 2 N–H and O–H groups in total. The standard InChI is InChI=1S/C14H20BrNO3/c1-14(2,3)19-13(17)8-11(16)9-5-6-12(18-4)10(15)7-9/h5-7,11H,8,16H2,1-4H3. The zero-order chi connectivity index (χ0) is 14.6. The Morgan fingerprint density at radius 2 is 2.05 bits per heavy atom. The number of halogens is 1. The Morgan fingerprint density at radius 3 is 2.53 bits per heavy atom. The van der Waals surface area contributed by atoms with E-state index < -0.39 is 11.6 Å². The second-order valence-electron chi connectivity index (χ2n) is 5.29. The van der Waals surface area contributed by atoms with E-state index in [1.54, 1.807) is 7.11 Å². The molecule has 106 valence electrons. The molecular weight excluding hydrogens is 310 g/mol. The van der Waals surface area contributed by atoms with Crippen LogP contribution in [0.15, 0.2) is 22.7 Å². The molecule has 0 heterocycles. The summed E-state index contributed by atoms with van der Waals surface area (Å²) in [4.78, 5) is 11.7. The fraction of sp³-hybridized carbons (Fsp3) is 0.500. The van der Waals surface area contributed by atoms with Crippen LogP contribution in [0.1, 0.15) is 38.8 Å². The van der Waals surface area contributed by atoms with Crippen molar-refractivity contribution in [1.29, 1.82) is 0 Å². The Kier molecular flexibility index (Phi) is 5.38. The Labute approximate surface area is 122 Å². The van der Waals surface area contributed by atoms with Crippen molar-refractivity contribution >= 4 is 21.9 Å². The minimum Gasteiger partial charge on any atom is -0.496 e. The van der Waals surface area contributed by atoms with E-state index in [0.717, 1.165) is 15.8 Å². The third kappa shape index (κ3) is 5.20. The minimum atomic E-state index is -0.489. The highest BCUT2D eigenvalue weighted by atomic mass is 79.9. The van der Waals surface area contributed by atoms with E-state index in [1.165, 1.54) is 0 Å². The number of rotatable bonds is 4. The van der Waals surface area contributed by atoms with Gasteiger partial charge in [0.2, 0.25) is 0 Å². The normalized spacial score (nSPS) is 12.9. The molecule has 4 nitrogen and oxygen atoms in total. The Bertz CT molecular complexity index is 454. The van der Waals surface area contributed by atoms with Crippen LogP contribution in [0.3, 0.4) is 0 Å². The molecule has 0 radical (unpaired) electrons. The predicted octanol–water partition coefficient (Wildman–Crippen LogP) is 3.19. The molecule has 0 aliphatic rings. The maximum atomic E-state index is 11.7. The van der Waals surface area contributed by atoms with Crippen molar-refractivity contribution < 1.29 is 14.3 Å². The van der Waals surface area contributed by atoms with Gasteiger partial charge in [-0.3, -0.25) is 4.79 Å². The van der Waals surface area contributed by atoms with Crippen molar-refractivity contribution in [2.75, 3.05) is 7.11 Å². The van der Waals surface area contributed by atoms with Crippen molar-refractivity contribution in [2.45, 2.75) is 38.8 Å². The third-order valence-corrected chi connectivity index (χ3v) is 3.03. The predicted molar refractivity (Wildman–Crippen MR) is 78.1 cm³/mol. The zero-order valence-corrected chi connectivity index (χ0v) is 13.3. The monoisotopic (exact) mass is 329 g/mol. The summed E-state index contributed by atoms with van der Waals surface area (Å²) in [6.07, 6.45) is 0.149. The van der Waals surface area contributed by atoms with Crippen LogP contribution >= 0.6 is 15.9 Å². The lowest BCUT2D eigenvalue weighted by atomic mass is 10.0. The maximum Gasteiger partial charge on any atom is 0.308 e. The number of ether oxygens (including phenoxy) is 2. The van der Waals surface area contributed by atoms with E-state index in [4.69, 9.17) is 15.2 Å². The Hall–Kier alpha value is -1.07. The van der Waals surface area contributed by atoms with Gasteiger partial charge in [-0.1, -0.05) is 6.07 Å². The molecule has 1 aromatic carbocycles. The molecule has 1 atom stereocenters. The highest BCUT2D eigenvalue weighted by molar-refractivity contribution is 9.10. The van der Waals surface area contributed by atoms with Gasteiger partial charge in [0.25, 0.3) is 0 Å². The number of benzene rings is 1. The number of nitrogens with two attached hydrogens (primary N) is 1. The molecule has 19 heavy (non-hydrogen) atoms. The van der Waals surface area contributed by atoms with Gasteiger partial charge in [-0.2, -0.15) is 0 Å². The smallest absolute Gasteiger partial charge is 0.308 e. The lowest BCUT2D eigenvalue weighted by Gasteiger charge is -2.21. The number of methoxy groups -OCH3 is 1. The highest BCUT2D eigenvalue weighted by Crippen LogP contribution is 2.28. The molecule has 0 spiro atoms. The molecule has 0 aliphatic carbocycles. The van der Waals surface area contributed by atoms with Crippen molar-refractivity contribution in [3.63, 3.8) is 0 Å². The first-order valence-electron chi connectivity index (χ1n) is 6.04. The van der Waals surface area contributed by atoms with E-state index in [2.05, 4.69) is 15.9 Å². The zero-order valence-electron chi connectivity index (χ0n) is 11.7. The Balaban J connectivity index is 2.70. The SMILES string of the molecule is COc1ccc(C(N)CC(=O)OC(C)(C)C)cc1Br. The summed E-state index contributed by atoms with van der Waals surface area (Å²) < 4.78 is 11.2. The minimum absolute atomic E-state index is 0.149. The average Bonchev–Trinajstić information content (AvgIpc) is 2.26.